The molecule has 1 aromatic rings. The highest BCUT2D eigenvalue weighted by molar-refractivity contribution is 5.89. The predicted octanol–water partition coefficient (Wildman–Crippen LogP) is 4.57. The summed E-state index contributed by atoms with van der Waals surface area (Å²) in [5.41, 5.74) is -3.71. The van der Waals surface area contributed by atoms with Gasteiger partial charge in [0, 0.05) is 5.56 Å². The van der Waals surface area contributed by atoms with Gasteiger partial charge in [0.05, 0.1) is 6.61 Å². The Morgan fingerprint density at radius 1 is 1.13 bits per heavy atom. The lowest BCUT2D eigenvalue weighted by atomic mass is 9.90. The van der Waals surface area contributed by atoms with Crippen LogP contribution in [-0.4, -0.2) is 24.4 Å². The summed E-state index contributed by atoms with van der Waals surface area (Å²) in [5.74, 6) is -0.361. The number of alkyl halides is 3. The quantitative estimate of drug-likeness (QED) is 0.796. The van der Waals surface area contributed by atoms with Gasteiger partial charge in [0.25, 0.3) is 5.60 Å². The van der Waals surface area contributed by atoms with Crippen LogP contribution < -0.4 is 0 Å². The van der Waals surface area contributed by atoms with Gasteiger partial charge in [-0.25, -0.2) is 4.99 Å². The van der Waals surface area contributed by atoms with E-state index in [0.29, 0.717) is 12.8 Å². The third-order valence-electron chi connectivity index (χ3n) is 4.44. The summed E-state index contributed by atoms with van der Waals surface area (Å²) in [6, 6.07) is 7.66. The van der Waals surface area contributed by atoms with Crippen molar-refractivity contribution in [3.05, 3.63) is 35.9 Å². The van der Waals surface area contributed by atoms with Crippen LogP contribution in [0.3, 0.4) is 0 Å². The van der Waals surface area contributed by atoms with E-state index in [2.05, 4.69) is 4.99 Å². The van der Waals surface area contributed by atoms with Crippen LogP contribution >= 0.6 is 0 Å². The molecule has 1 saturated carbocycles. The zero-order chi connectivity index (χ0) is 16.6. The summed E-state index contributed by atoms with van der Waals surface area (Å²) in [6.07, 6.45) is -1.04. The van der Waals surface area contributed by atoms with Gasteiger partial charge in [0.1, 0.15) is 0 Å². The van der Waals surface area contributed by atoms with E-state index in [1.165, 1.54) is 12.1 Å². The van der Waals surface area contributed by atoms with Crippen molar-refractivity contribution in [3.63, 3.8) is 0 Å². The first-order valence-electron chi connectivity index (χ1n) is 7.99. The lowest BCUT2D eigenvalue weighted by Gasteiger charge is -2.37. The highest BCUT2D eigenvalue weighted by Gasteiger charge is 2.69. The molecule has 3 nitrogen and oxygen atoms in total. The molecule has 1 atom stereocenters. The summed E-state index contributed by atoms with van der Waals surface area (Å²) in [5, 5.41) is 0. The van der Waals surface area contributed by atoms with Gasteiger partial charge in [-0.1, -0.05) is 36.8 Å². The number of nitrogens with zero attached hydrogens (tertiary/aromatic N) is 1. The minimum atomic E-state index is -4.65. The van der Waals surface area contributed by atoms with Crippen molar-refractivity contribution in [2.24, 2.45) is 4.99 Å². The molecule has 0 saturated heterocycles. The zero-order valence-electron chi connectivity index (χ0n) is 13.0. The molecule has 1 aliphatic heterocycles. The lowest BCUT2D eigenvalue weighted by Crippen LogP contribution is -2.51. The van der Waals surface area contributed by atoms with E-state index in [-0.39, 0.29) is 18.1 Å². The molecular formula is C17H20F3NO2. The molecule has 1 aliphatic carbocycles. The molecule has 1 spiro atoms. The Kier molecular flexibility index (Phi) is 4.12. The van der Waals surface area contributed by atoms with Crippen molar-refractivity contribution < 1.29 is 22.6 Å². The Morgan fingerprint density at radius 3 is 2.35 bits per heavy atom. The maximum absolute atomic E-state index is 14.1. The molecular weight excluding hydrogens is 307 g/mol. The highest BCUT2D eigenvalue weighted by Crippen LogP contribution is 2.53. The Labute approximate surface area is 133 Å². The maximum atomic E-state index is 14.1. The first kappa shape index (κ1) is 16.3. The predicted molar refractivity (Wildman–Crippen MR) is 80.1 cm³/mol. The fourth-order valence-electron chi connectivity index (χ4n) is 3.40. The van der Waals surface area contributed by atoms with Crippen LogP contribution in [0.25, 0.3) is 0 Å². The maximum Gasteiger partial charge on any atom is 0.430 e. The largest absolute Gasteiger partial charge is 0.479 e. The molecule has 1 fully saturated rings. The van der Waals surface area contributed by atoms with Gasteiger partial charge < -0.3 is 9.47 Å². The van der Waals surface area contributed by atoms with E-state index in [1.54, 1.807) is 25.1 Å². The summed E-state index contributed by atoms with van der Waals surface area (Å²) < 4.78 is 53.5. The van der Waals surface area contributed by atoms with E-state index in [4.69, 9.17) is 9.47 Å². The van der Waals surface area contributed by atoms with Crippen LogP contribution in [-0.2, 0) is 15.1 Å². The summed E-state index contributed by atoms with van der Waals surface area (Å²) >= 11 is 0. The molecule has 1 unspecified atom stereocenters. The standard InChI is InChI=1S/C17H20F3NO2/c1-2-22-14-16(17(18,19)20,13-9-5-3-6-10-13)23-15(21-14)11-7-4-8-12-15/h3,5-6,9-10H,2,4,7-8,11-12H2,1H3. The highest BCUT2D eigenvalue weighted by atomic mass is 19.4. The fraction of sp³-hybridized carbons (Fsp3) is 0.588. The zero-order valence-corrected chi connectivity index (χ0v) is 13.0. The average Bonchev–Trinajstić information content (AvgIpc) is 2.84. The van der Waals surface area contributed by atoms with E-state index in [9.17, 15) is 13.2 Å². The third-order valence-corrected chi connectivity index (χ3v) is 4.44. The van der Waals surface area contributed by atoms with Gasteiger partial charge in [-0.3, -0.25) is 0 Å². The van der Waals surface area contributed by atoms with Gasteiger partial charge in [0.15, 0.2) is 5.72 Å². The molecule has 1 aromatic carbocycles. The molecule has 3 rings (SSSR count). The summed E-state index contributed by atoms with van der Waals surface area (Å²) in [6.45, 7) is 1.77. The molecule has 0 amide bonds. The minimum Gasteiger partial charge on any atom is -0.479 e. The van der Waals surface area contributed by atoms with E-state index in [1.807, 2.05) is 0 Å². The topological polar surface area (TPSA) is 30.8 Å². The van der Waals surface area contributed by atoms with E-state index < -0.39 is 17.5 Å². The first-order valence-corrected chi connectivity index (χ1v) is 7.99. The average molecular weight is 327 g/mol. The number of rotatable bonds is 2. The number of ether oxygens (including phenoxy) is 2. The minimum absolute atomic E-state index is 0.0159. The third kappa shape index (κ3) is 2.63. The summed E-state index contributed by atoms with van der Waals surface area (Å²) in [7, 11) is 0. The normalized spacial score (nSPS) is 27.0. The number of hydrogen-bond donors (Lipinski definition) is 0. The molecule has 0 N–H and O–H groups in total. The molecule has 23 heavy (non-hydrogen) atoms. The number of aliphatic imine (C=N–C) groups is 1. The van der Waals surface area contributed by atoms with Crippen LogP contribution in [0, 0.1) is 0 Å². The van der Waals surface area contributed by atoms with Gasteiger partial charge in [-0.05, 0) is 32.6 Å². The lowest BCUT2D eigenvalue weighted by molar-refractivity contribution is -0.283. The van der Waals surface area contributed by atoms with Gasteiger partial charge in [0.2, 0.25) is 5.90 Å². The van der Waals surface area contributed by atoms with Crippen molar-refractivity contribution in [2.75, 3.05) is 6.61 Å². The van der Waals surface area contributed by atoms with E-state index in [0.717, 1.165) is 19.3 Å². The molecule has 126 valence electrons. The molecule has 1 heterocycles. The SMILES string of the molecule is CCOC1=NC2(CCCCC2)OC1(c1ccccc1)C(F)(F)F. The Balaban J connectivity index is 2.13. The molecule has 2 aliphatic rings. The van der Waals surface area contributed by atoms with Gasteiger partial charge in [-0.2, -0.15) is 13.2 Å². The van der Waals surface area contributed by atoms with Crippen LogP contribution in [0.5, 0.6) is 0 Å². The summed E-state index contributed by atoms with van der Waals surface area (Å²) in [4.78, 5) is 4.32. The Morgan fingerprint density at radius 2 is 1.78 bits per heavy atom. The van der Waals surface area contributed by atoms with Crippen LogP contribution in [0.4, 0.5) is 13.2 Å². The van der Waals surface area contributed by atoms with Gasteiger partial charge in [-0.15, -0.1) is 0 Å². The number of halogens is 3. The van der Waals surface area contributed by atoms with Crippen molar-refractivity contribution in [1.82, 2.24) is 0 Å². The van der Waals surface area contributed by atoms with E-state index >= 15 is 0 Å². The molecule has 0 radical (unpaired) electrons. The van der Waals surface area contributed by atoms with Crippen molar-refractivity contribution in [3.8, 4) is 0 Å². The van der Waals surface area contributed by atoms with Crippen LogP contribution in [0.15, 0.2) is 35.3 Å². The van der Waals surface area contributed by atoms with Gasteiger partial charge >= 0.3 is 6.18 Å². The van der Waals surface area contributed by atoms with Crippen LogP contribution in [0.1, 0.15) is 44.6 Å². The van der Waals surface area contributed by atoms with Crippen LogP contribution in [0.2, 0.25) is 0 Å². The van der Waals surface area contributed by atoms with Crippen molar-refractivity contribution >= 4 is 5.90 Å². The number of benzene rings is 1. The fourth-order valence-corrected chi connectivity index (χ4v) is 3.40. The second kappa shape index (κ2) is 5.82. The number of hydrogen-bond acceptors (Lipinski definition) is 3. The molecule has 6 heteroatoms. The smallest absolute Gasteiger partial charge is 0.430 e. The Hall–Kier alpha value is -1.56. The molecule has 0 aromatic heterocycles. The Bertz CT molecular complexity index is 579. The second-order valence-corrected chi connectivity index (χ2v) is 6.00. The molecule has 0 bridgehead atoms. The monoisotopic (exact) mass is 327 g/mol. The van der Waals surface area contributed by atoms with Crippen molar-refractivity contribution in [1.29, 1.82) is 0 Å². The van der Waals surface area contributed by atoms with Crippen molar-refractivity contribution in [2.45, 2.75) is 56.5 Å². The second-order valence-electron chi connectivity index (χ2n) is 6.00. The first-order chi connectivity index (χ1) is 10.9.